The van der Waals surface area contributed by atoms with Gasteiger partial charge in [0.05, 0.1) is 7.11 Å². The van der Waals surface area contributed by atoms with E-state index in [-0.39, 0.29) is 5.82 Å². The zero-order valence-corrected chi connectivity index (χ0v) is 12.6. The summed E-state index contributed by atoms with van der Waals surface area (Å²) < 4.78 is 19.5. The van der Waals surface area contributed by atoms with Gasteiger partial charge in [0.25, 0.3) is 0 Å². The van der Waals surface area contributed by atoms with Gasteiger partial charge in [-0.3, -0.25) is 0 Å². The average Bonchev–Trinajstić information content (AvgIpc) is 2.89. The first-order valence-corrected chi connectivity index (χ1v) is 7.42. The molecular weight excluding hydrogens is 287 g/mol. The lowest BCUT2D eigenvalue weighted by molar-refractivity contribution is 0.218. The predicted molar refractivity (Wildman–Crippen MR) is 83.6 cm³/mol. The van der Waals surface area contributed by atoms with Crippen molar-refractivity contribution < 1.29 is 14.2 Å². The third-order valence-corrected chi connectivity index (χ3v) is 4.62. The van der Waals surface area contributed by atoms with Crippen molar-refractivity contribution in [3.63, 3.8) is 0 Å². The third-order valence-electron chi connectivity index (χ3n) is 3.45. The number of rotatable bonds is 3. The molecule has 2 nitrogen and oxygen atoms in total. The van der Waals surface area contributed by atoms with Crippen LogP contribution in [-0.2, 0) is 0 Å². The van der Waals surface area contributed by atoms with Crippen LogP contribution < -0.4 is 4.74 Å². The van der Waals surface area contributed by atoms with Crippen LogP contribution in [-0.4, -0.2) is 12.2 Å². The molecule has 0 aliphatic rings. The van der Waals surface area contributed by atoms with Crippen LogP contribution >= 0.6 is 11.3 Å². The minimum Gasteiger partial charge on any atom is -0.496 e. The van der Waals surface area contributed by atoms with Crippen LogP contribution in [0.5, 0.6) is 5.75 Å². The number of hydrogen-bond acceptors (Lipinski definition) is 3. The first kappa shape index (κ1) is 14.0. The van der Waals surface area contributed by atoms with Crippen molar-refractivity contribution in [2.75, 3.05) is 7.11 Å². The number of halogens is 1. The Morgan fingerprint density at radius 3 is 2.71 bits per heavy atom. The minimum absolute atomic E-state index is 0.269. The molecule has 0 spiro atoms. The summed E-state index contributed by atoms with van der Waals surface area (Å²) in [6.07, 6.45) is -0.777. The summed E-state index contributed by atoms with van der Waals surface area (Å²) in [5.74, 6) is 0.381. The average molecular weight is 302 g/mol. The number of methoxy groups -OCH3 is 1. The summed E-state index contributed by atoms with van der Waals surface area (Å²) in [4.78, 5) is 0.777. The fourth-order valence-electron chi connectivity index (χ4n) is 2.39. The second kappa shape index (κ2) is 5.47. The van der Waals surface area contributed by atoms with Gasteiger partial charge in [0.15, 0.2) is 0 Å². The van der Waals surface area contributed by atoms with E-state index in [1.807, 2.05) is 31.2 Å². The Bertz CT molecular complexity index is 795. The van der Waals surface area contributed by atoms with E-state index in [4.69, 9.17) is 4.74 Å². The second-order valence-corrected chi connectivity index (χ2v) is 6.09. The van der Waals surface area contributed by atoms with Crippen LogP contribution in [0.15, 0.2) is 42.5 Å². The van der Waals surface area contributed by atoms with Gasteiger partial charge in [-0.2, -0.15) is 0 Å². The van der Waals surface area contributed by atoms with Gasteiger partial charge in [0, 0.05) is 15.1 Å². The number of ether oxygens (including phenoxy) is 1. The van der Waals surface area contributed by atoms with E-state index in [0.29, 0.717) is 5.75 Å². The van der Waals surface area contributed by atoms with Crippen LogP contribution in [0, 0.1) is 12.7 Å². The molecule has 2 aromatic carbocycles. The highest BCUT2D eigenvalue weighted by molar-refractivity contribution is 7.19. The molecule has 4 heteroatoms. The van der Waals surface area contributed by atoms with Gasteiger partial charge in [0.1, 0.15) is 17.7 Å². The second-order valence-electron chi connectivity index (χ2n) is 4.98. The molecule has 0 fully saturated rings. The summed E-state index contributed by atoms with van der Waals surface area (Å²) >= 11 is 1.46. The van der Waals surface area contributed by atoms with Gasteiger partial charge in [-0.15, -0.1) is 11.3 Å². The van der Waals surface area contributed by atoms with E-state index in [2.05, 4.69) is 0 Å². The molecule has 0 saturated carbocycles. The van der Waals surface area contributed by atoms with E-state index >= 15 is 0 Å². The topological polar surface area (TPSA) is 29.5 Å². The monoisotopic (exact) mass is 302 g/mol. The van der Waals surface area contributed by atoms with Gasteiger partial charge >= 0.3 is 0 Å². The molecule has 1 aromatic heterocycles. The van der Waals surface area contributed by atoms with E-state index in [9.17, 15) is 9.50 Å². The zero-order chi connectivity index (χ0) is 15.0. The quantitative estimate of drug-likeness (QED) is 0.775. The predicted octanol–water partition coefficient (Wildman–Crippen LogP) is 4.44. The van der Waals surface area contributed by atoms with Crippen LogP contribution in [0.1, 0.15) is 22.1 Å². The molecule has 0 saturated heterocycles. The lowest BCUT2D eigenvalue weighted by Crippen LogP contribution is -2.01. The third kappa shape index (κ3) is 2.64. The molecule has 0 radical (unpaired) electrons. The first-order valence-electron chi connectivity index (χ1n) is 6.60. The Morgan fingerprint density at radius 2 is 1.95 bits per heavy atom. The largest absolute Gasteiger partial charge is 0.496 e. The van der Waals surface area contributed by atoms with Crippen LogP contribution in [0.3, 0.4) is 0 Å². The van der Waals surface area contributed by atoms with Gasteiger partial charge in [-0.25, -0.2) is 4.39 Å². The molecule has 1 heterocycles. The lowest BCUT2D eigenvalue weighted by Gasteiger charge is -2.14. The zero-order valence-electron chi connectivity index (χ0n) is 11.8. The standard InChI is InChI=1S/C17H15FO2S/c1-10-3-5-14(20-2)13(7-10)17(19)16-9-11-8-12(18)4-6-15(11)21-16/h3-9,17,19H,1-2H3. The van der Waals surface area contributed by atoms with Crippen LogP contribution in [0.4, 0.5) is 4.39 Å². The van der Waals surface area contributed by atoms with Gasteiger partial charge in [-0.05, 0) is 48.7 Å². The maximum atomic E-state index is 13.3. The fourth-order valence-corrected chi connectivity index (χ4v) is 3.44. The van der Waals surface area contributed by atoms with Crippen molar-refractivity contribution in [1.82, 2.24) is 0 Å². The molecule has 0 aliphatic heterocycles. The van der Waals surface area contributed by atoms with Crippen molar-refractivity contribution >= 4 is 21.4 Å². The SMILES string of the molecule is COc1ccc(C)cc1C(O)c1cc2cc(F)ccc2s1. The van der Waals surface area contributed by atoms with Gasteiger partial charge in [0.2, 0.25) is 0 Å². The summed E-state index contributed by atoms with van der Waals surface area (Å²) in [6.45, 7) is 1.97. The van der Waals surface area contributed by atoms with Crippen molar-refractivity contribution in [3.05, 3.63) is 64.3 Å². The van der Waals surface area contributed by atoms with E-state index in [1.54, 1.807) is 13.2 Å². The number of fused-ring (bicyclic) bond motifs is 1. The Morgan fingerprint density at radius 1 is 1.14 bits per heavy atom. The van der Waals surface area contributed by atoms with Crippen molar-refractivity contribution in [2.24, 2.45) is 0 Å². The number of benzene rings is 2. The summed E-state index contributed by atoms with van der Waals surface area (Å²) in [7, 11) is 1.58. The molecule has 3 aromatic rings. The van der Waals surface area contributed by atoms with Crippen molar-refractivity contribution in [2.45, 2.75) is 13.0 Å². The molecule has 1 unspecified atom stereocenters. The fraction of sp³-hybridized carbons (Fsp3) is 0.176. The summed E-state index contributed by atoms with van der Waals surface area (Å²) in [6, 6.07) is 12.2. The molecule has 1 atom stereocenters. The highest BCUT2D eigenvalue weighted by Gasteiger charge is 2.18. The molecule has 0 aliphatic carbocycles. The summed E-state index contributed by atoms with van der Waals surface area (Å²) in [5.41, 5.74) is 1.78. The Labute approximate surface area is 126 Å². The number of aliphatic hydroxyl groups is 1. The van der Waals surface area contributed by atoms with Crippen molar-refractivity contribution in [3.8, 4) is 5.75 Å². The number of thiophene rings is 1. The molecule has 21 heavy (non-hydrogen) atoms. The van der Waals surface area contributed by atoms with Gasteiger partial charge in [-0.1, -0.05) is 11.6 Å². The minimum atomic E-state index is -0.777. The number of aryl methyl sites for hydroxylation is 1. The maximum absolute atomic E-state index is 13.3. The lowest BCUT2D eigenvalue weighted by atomic mass is 10.0. The Hall–Kier alpha value is -1.91. The summed E-state index contributed by atoms with van der Waals surface area (Å²) in [5, 5.41) is 11.4. The Kier molecular flexibility index (Phi) is 3.66. The highest BCUT2D eigenvalue weighted by Crippen LogP contribution is 2.37. The molecule has 108 valence electrons. The van der Waals surface area contributed by atoms with Crippen LogP contribution in [0.25, 0.3) is 10.1 Å². The molecular formula is C17H15FO2S. The smallest absolute Gasteiger partial charge is 0.125 e. The maximum Gasteiger partial charge on any atom is 0.125 e. The van der Waals surface area contributed by atoms with E-state index in [0.717, 1.165) is 26.1 Å². The molecule has 0 bridgehead atoms. The van der Waals surface area contributed by atoms with Crippen LogP contribution in [0.2, 0.25) is 0 Å². The molecule has 1 N–H and O–H groups in total. The Balaban J connectivity index is 2.07. The molecule has 0 amide bonds. The highest BCUT2D eigenvalue weighted by atomic mass is 32.1. The van der Waals surface area contributed by atoms with Crippen molar-refractivity contribution in [1.29, 1.82) is 0 Å². The van der Waals surface area contributed by atoms with E-state index in [1.165, 1.54) is 23.5 Å². The van der Waals surface area contributed by atoms with E-state index < -0.39 is 6.10 Å². The van der Waals surface area contributed by atoms with Gasteiger partial charge < -0.3 is 9.84 Å². The first-order chi connectivity index (χ1) is 10.1. The normalized spacial score (nSPS) is 12.6. The number of hydrogen-bond donors (Lipinski definition) is 1. The molecule has 3 rings (SSSR count). The number of aliphatic hydroxyl groups excluding tert-OH is 1.